The third-order valence-electron chi connectivity index (χ3n) is 5.08. The SMILES string of the molecule is O=C(N[C@H]1CCCC[C@@H]1NC(=O)c1ccc([N+](=O)[O-])cc1)c1ccc([N+](=O)[O-])cc1. The summed E-state index contributed by atoms with van der Waals surface area (Å²) in [5.74, 6) is -0.738. The summed E-state index contributed by atoms with van der Waals surface area (Å²) in [6.45, 7) is 0. The topological polar surface area (TPSA) is 144 Å². The van der Waals surface area contributed by atoms with Gasteiger partial charge in [0.1, 0.15) is 0 Å². The molecule has 0 heterocycles. The van der Waals surface area contributed by atoms with Crippen LogP contribution in [-0.2, 0) is 0 Å². The second-order valence-corrected chi connectivity index (χ2v) is 7.05. The van der Waals surface area contributed by atoms with E-state index in [0.717, 1.165) is 12.8 Å². The molecule has 2 atom stereocenters. The van der Waals surface area contributed by atoms with Gasteiger partial charge in [0.05, 0.1) is 9.85 Å². The zero-order valence-corrected chi connectivity index (χ0v) is 15.9. The normalized spacial score (nSPS) is 18.3. The summed E-state index contributed by atoms with van der Waals surface area (Å²) in [5, 5.41) is 27.3. The lowest BCUT2D eigenvalue weighted by Crippen LogP contribution is -2.53. The molecule has 0 bridgehead atoms. The molecule has 0 spiro atoms. The number of nitrogens with zero attached hydrogens (tertiary/aromatic N) is 2. The van der Waals surface area contributed by atoms with Crippen molar-refractivity contribution in [2.45, 2.75) is 37.8 Å². The van der Waals surface area contributed by atoms with Gasteiger partial charge in [0.2, 0.25) is 0 Å². The van der Waals surface area contributed by atoms with Gasteiger partial charge in [-0.25, -0.2) is 0 Å². The average Bonchev–Trinajstić information content (AvgIpc) is 2.75. The molecule has 1 saturated carbocycles. The largest absolute Gasteiger partial charge is 0.347 e. The maximum atomic E-state index is 12.5. The molecule has 2 N–H and O–H groups in total. The molecule has 10 nitrogen and oxygen atoms in total. The number of benzene rings is 2. The van der Waals surface area contributed by atoms with Gasteiger partial charge < -0.3 is 10.6 Å². The molecular formula is C20H20N4O6. The Hall–Kier alpha value is -3.82. The van der Waals surface area contributed by atoms with Gasteiger partial charge in [-0.2, -0.15) is 0 Å². The summed E-state index contributed by atoms with van der Waals surface area (Å²) >= 11 is 0. The van der Waals surface area contributed by atoms with Crippen molar-refractivity contribution in [3.05, 3.63) is 79.9 Å². The Balaban J connectivity index is 1.65. The standard InChI is InChI=1S/C20H20N4O6/c25-19(13-5-9-15(10-6-13)23(27)28)21-17-3-1-2-4-18(17)22-20(26)14-7-11-16(12-8-14)24(29)30/h5-12,17-18H,1-4H2,(H,21,25)(H,22,26)/t17-,18-/m0/s1. The molecule has 2 amide bonds. The zero-order valence-electron chi connectivity index (χ0n) is 15.9. The van der Waals surface area contributed by atoms with Crippen molar-refractivity contribution < 1.29 is 19.4 Å². The minimum absolute atomic E-state index is 0.0996. The van der Waals surface area contributed by atoms with Crippen LogP contribution in [0.15, 0.2) is 48.5 Å². The zero-order chi connectivity index (χ0) is 21.7. The molecule has 3 rings (SSSR count). The number of hydrogen-bond donors (Lipinski definition) is 2. The monoisotopic (exact) mass is 412 g/mol. The maximum Gasteiger partial charge on any atom is 0.269 e. The Morgan fingerprint density at radius 3 is 1.33 bits per heavy atom. The number of amides is 2. The average molecular weight is 412 g/mol. The van der Waals surface area contributed by atoms with Crippen molar-refractivity contribution in [2.75, 3.05) is 0 Å². The highest BCUT2D eigenvalue weighted by Gasteiger charge is 2.28. The summed E-state index contributed by atoms with van der Waals surface area (Å²) in [7, 11) is 0. The quantitative estimate of drug-likeness (QED) is 0.551. The van der Waals surface area contributed by atoms with E-state index < -0.39 is 9.85 Å². The van der Waals surface area contributed by atoms with Gasteiger partial charge in [0.15, 0.2) is 0 Å². The van der Waals surface area contributed by atoms with Gasteiger partial charge >= 0.3 is 0 Å². The summed E-state index contributed by atoms with van der Waals surface area (Å²) in [6.07, 6.45) is 3.16. The highest BCUT2D eigenvalue weighted by Crippen LogP contribution is 2.21. The lowest BCUT2D eigenvalue weighted by molar-refractivity contribution is -0.385. The first kappa shape index (κ1) is 20.9. The molecule has 156 valence electrons. The Kier molecular flexibility index (Phi) is 6.35. The van der Waals surface area contributed by atoms with Crippen molar-refractivity contribution >= 4 is 23.2 Å². The summed E-state index contributed by atoms with van der Waals surface area (Å²) in [6, 6.07) is 10.1. The molecule has 2 aromatic rings. The molecular weight excluding hydrogens is 392 g/mol. The maximum absolute atomic E-state index is 12.5. The minimum Gasteiger partial charge on any atom is -0.347 e. The lowest BCUT2D eigenvalue weighted by atomic mass is 9.89. The summed E-state index contributed by atoms with van der Waals surface area (Å²) in [4.78, 5) is 45.5. The minimum atomic E-state index is -0.535. The number of nitrogens with one attached hydrogen (secondary N) is 2. The van der Waals surface area contributed by atoms with Crippen LogP contribution in [0.25, 0.3) is 0 Å². The van der Waals surface area contributed by atoms with E-state index in [1.54, 1.807) is 0 Å². The van der Waals surface area contributed by atoms with Crippen LogP contribution in [0.3, 0.4) is 0 Å². The number of nitro benzene ring substituents is 2. The van der Waals surface area contributed by atoms with Gasteiger partial charge in [0, 0.05) is 47.5 Å². The van der Waals surface area contributed by atoms with Crippen molar-refractivity contribution in [2.24, 2.45) is 0 Å². The molecule has 2 aromatic carbocycles. The van der Waals surface area contributed by atoms with Crippen molar-refractivity contribution in [3.8, 4) is 0 Å². The Bertz CT molecular complexity index is 879. The Morgan fingerprint density at radius 1 is 0.700 bits per heavy atom. The molecule has 0 aliphatic heterocycles. The summed E-state index contributed by atoms with van der Waals surface area (Å²) in [5.41, 5.74) is 0.396. The molecule has 0 radical (unpaired) electrons. The van der Waals surface area contributed by atoms with Crippen LogP contribution in [0.5, 0.6) is 0 Å². The van der Waals surface area contributed by atoms with Gasteiger partial charge in [-0.05, 0) is 37.1 Å². The van der Waals surface area contributed by atoms with E-state index in [1.165, 1.54) is 48.5 Å². The fourth-order valence-electron chi connectivity index (χ4n) is 3.45. The summed E-state index contributed by atoms with van der Waals surface area (Å²) < 4.78 is 0. The van der Waals surface area contributed by atoms with Crippen LogP contribution in [-0.4, -0.2) is 33.7 Å². The van der Waals surface area contributed by atoms with E-state index in [0.29, 0.717) is 24.0 Å². The second kappa shape index (κ2) is 9.12. The number of hydrogen-bond acceptors (Lipinski definition) is 6. The number of nitro groups is 2. The van der Waals surface area contributed by atoms with Crippen LogP contribution in [0.4, 0.5) is 11.4 Å². The third kappa shape index (κ3) is 4.96. The van der Waals surface area contributed by atoms with E-state index in [4.69, 9.17) is 0 Å². The van der Waals surface area contributed by atoms with Gasteiger partial charge in [-0.15, -0.1) is 0 Å². The number of carbonyl (C=O) groups is 2. The highest BCUT2D eigenvalue weighted by molar-refractivity contribution is 5.95. The lowest BCUT2D eigenvalue weighted by Gasteiger charge is -2.32. The Labute approximate surface area is 171 Å². The molecule has 10 heteroatoms. The van der Waals surface area contributed by atoms with Crippen LogP contribution in [0.1, 0.15) is 46.4 Å². The molecule has 1 fully saturated rings. The van der Waals surface area contributed by atoms with E-state index in [1.807, 2.05) is 0 Å². The van der Waals surface area contributed by atoms with Crippen LogP contribution >= 0.6 is 0 Å². The second-order valence-electron chi connectivity index (χ2n) is 7.05. The predicted octanol–water partition coefficient (Wildman–Crippen LogP) is 2.97. The fraction of sp³-hybridized carbons (Fsp3) is 0.300. The van der Waals surface area contributed by atoms with Crippen LogP contribution < -0.4 is 10.6 Å². The highest BCUT2D eigenvalue weighted by atomic mass is 16.6. The predicted molar refractivity (Wildman–Crippen MR) is 107 cm³/mol. The van der Waals surface area contributed by atoms with Crippen LogP contribution in [0.2, 0.25) is 0 Å². The third-order valence-corrected chi connectivity index (χ3v) is 5.08. The van der Waals surface area contributed by atoms with Crippen LogP contribution in [0, 0.1) is 20.2 Å². The Morgan fingerprint density at radius 2 is 1.03 bits per heavy atom. The van der Waals surface area contributed by atoms with Gasteiger partial charge in [0.25, 0.3) is 23.2 Å². The van der Waals surface area contributed by atoms with E-state index in [-0.39, 0.29) is 35.3 Å². The van der Waals surface area contributed by atoms with Crippen molar-refractivity contribution in [1.82, 2.24) is 10.6 Å². The molecule has 0 unspecified atom stereocenters. The molecule has 1 aliphatic carbocycles. The molecule has 0 saturated heterocycles. The van der Waals surface area contributed by atoms with E-state index >= 15 is 0 Å². The van der Waals surface area contributed by atoms with Gasteiger partial charge in [-0.3, -0.25) is 29.8 Å². The molecule has 0 aromatic heterocycles. The first-order chi connectivity index (χ1) is 14.3. The fourth-order valence-corrected chi connectivity index (χ4v) is 3.45. The number of non-ortho nitro benzene ring substituents is 2. The number of rotatable bonds is 6. The molecule has 1 aliphatic rings. The van der Waals surface area contributed by atoms with E-state index in [2.05, 4.69) is 10.6 Å². The van der Waals surface area contributed by atoms with Crippen molar-refractivity contribution in [3.63, 3.8) is 0 Å². The number of carbonyl (C=O) groups excluding carboxylic acids is 2. The first-order valence-corrected chi connectivity index (χ1v) is 9.46. The van der Waals surface area contributed by atoms with E-state index in [9.17, 15) is 29.8 Å². The molecule has 30 heavy (non-hydrogen) atoms. The van der Waals surface area contributed by atoms with Gasteiger partial charge in [-0.1, -0.05) is 12.8 Å². The first-order valence-electron chi connectivity index (χ1n) is 9.46. The van der Waals surface area contributed by atoms with Crippen molar-refractivity contribution in [1.29, 1.82) is 0 Å². The smallest absolute Gasteiger partial charge is 0.269 e.